The molecule has 1 aliphatic carbocycles. The highest BCUT2D eigenvalue weighted by molar-refractivity contribution is 7.90. The molecule has 0 unspecified atom stereocenters. The predicted octanol–water partition coefficient (Wildman–Crippen LogP) is 0.867. The van der Waals surface area contributed by atoms with Crippen molar-refractivity contribution in [2.24, 2.45) is 0 Å². The molecule has 4 heteroatoms. The van der Waals surface area contributed by atoms with E-state index in [-0.39, 0.29) is 11.3 Å². The first-order valence-corrected chi connectivity index (χ1v) is 5.58. The highest BCUT2D eigenvalue weighted by Gasteiger charge is 2.31. The first-order chi connectivity index (χ1) is 5.02. The lowest BCUT2D eigenvalue weighted by Crippen LogP contribution is -2.41. The predicted molar refractivity (Wildman–Crippen MR) is 44.8 cm³/mol. The van der Waals surface area contributed by atoms with Gasteiger partial charge in [-0.3, -0.25) is 0 Å². The third-order valence-electron chi connectivity index (χ3n) is 1.89. The van der Waals surface area contributed by atoms with Crippen molar-refractivity contribution in [2.75, 3.05) is 0 Å². The van der Waals surface area contributed by atoms with Gasteiger partial charge in [-0.25, -0.2) is 13.1 Å². The van der Waals surface area contributed by atoms with Gasteiger partial charge in [-0.2, -0.15) is 0 Å². The van der Waals surface area contributed by atoms with E-state index >= 15 is 0 Å². The molecule has 0 spiro atoms. The molecular formula is C7H15NO2S. The molecule has 3 nitrogen and oxygen atoms in total. The van der Waals surface area contributed by atoms with Gasteiger partial charge in [0.25, 0.3) is 0 Å². The molecule has 1 saturated carbocycles. The molecule has 0 aromatic rings. The van der Waals surface area contributed by atoms with Gasteiger partial charge in [-0.1, -0.05) is 6.42 Å². The normalized spacial score (nSPS) is 20.3. The summed E-state index contributed by atoms with van der Waals surface area (Å²) in [4.78, 5) is 0. The monoisotopic (exact) mass is 177 g/mol. The standard InChI is InChI=1S/C7H15NO2S/c1-6(2)8-11(9,10)7-4-3-5-7/h6-8H,3-5H2,1-2H3. The van der Waals surface area contributed by atoms with Gasteiger partial charge in [0.2, 0.25) is 10.0 Å². The largest absolute Gasteiger partial charge is 0.214 e. The first kappa shape index (κ1) is 9.00. The summed E-state index contributed by atoms with van der Waals surface area (Å²) in [6.45, 7) is 3.69. The third-order valence-corrected chi connectivity index (χ3v) is 4.04. The minimum absolute atomic E-state index is 0.0283. The number of nitrogens with one attached hydrogen (secondary N) is 1. The van der Waals surface area contributed by atoms with Gasteiger partial charge in [0.1, 0.15) is 0 Å². The summed E-state index contributed by atoms with van der Waals surface area (Å²) in [6, 6.07) is 0.0283. The second-order valence-electron chi connectivity index (χ2n) is 3.37. The summed E-state index contributed by atoms with van der Waals surface area (Å²) in [7, 11) is -2.97. The zero-order valence-electron chi connectivity index (χ0n) is 7.00. The lowest BCUT2D eigenvalue weighted by Gasteiger charge is -2.26. The Morgan fingerprint density at radius 2 is 1.91 bits per heavy atom. The Labute approximate surface area is 68.2 Å². The summed E-state index contributed by atoms with van der Waals surface area (Å²) in [6.07, 6.45) is 2.73. The highest BCUT2D eigenvalue weighted by atomic mass is 32.2. The van der Waals surface area contributed by atoms with Crippen LogP contribution < -0.4 is 4.72 Å². The van der Waals surface area contributed by atoms with Crippen LogP contribution in [0.5, 0.6) is 0 Å². The SMILES string of the molecule is CC(C)NS(=O)(=O)C1CCC1. The second-order valence-corrected chi connectivity index (χ2v) is 5.36. The Hall–Kier alpha value is -0.0900. The number of hydrogen-bond acceptors (Lipinski definition) is 2. The maximum atomic E-state index is 11.3. The molecule has 0 aromatic heterocycles. The molecule has 1 fully saturated rings. The molecule has 11 heavy (non-hydrogen) atoms. The van der Waals surface area contributed by atoms with Gasteiger partial charge in [0.05, 0.1) is 5.25 Å². The molecule has 0 saturated heterocycles. The Kier molecular flexibility index (Phi) is 2.54. The van der Waals surface area contributed by atoms with Crippen LogP contribution in [-0.2, 0) is 10.0 Å². The van der Waals surface area contributed by atoms with Gasteiger partial charge in [0, 0.05) is 6.04 Å². The van der Waals surface area contributed by atoms with Crippen LogP contribution in [0.3, 0.4) is 0 Å². The fourth-order valence-corrected chi connectivity index (χ4v) is 2.91. The maximum absolute atomic E-state index is 11.3. The Balaban J connectivity index is 2.52. The summed E-state index contributed by atoms with van der Waals surface area (Å²) in [5.74, 6) is 0. The van der Waals surface area contributed by atoms with Gasteiger partial charge in [0.15, 0.2) is 0 Å². The van der Waals surface area contributed by atoms with Crippen LogP contribution in [-0.4, -0.2) is 19.7 Å². The smallest absolute Gasteiger partial charge is 0.212 e. The topological polar surface area (TPSA) is 46.2 Å². The molecule has 0 bridgehead atoms. The Morgan fingerprint density at radius 3 is 2.18 bits per heavy atom. The van der Waals surface area contributed by atoms with Crippen molar-refractivity contribution in [1.29, 1.82) is 0 Å². The summed E-state index contributed by atoms with van der Waals surface area (Å²) in [5.41, 5.74) is 0. The van der Waals surface area contributed by atoms with Crippen molar-refractivity contribution in [1.82, 2.24) is 4.72 Å². The molecule has 0 atom stereocenters. The van der Waals surface area contributed by atoms with Crippen LogP contribution in [0.25, 0.3) is 0 Å². The number of hydrogen-bond donors (Lipinski definition) is 1. The molecule has 0 heterocycles. The van der Waals surface area contributed by atoms with E-state index in [1.54, 1.807) is 0 Å². The quantitative estimate of drug-likeness (QED) is 0.695. The molecule has 0 radical (unpaired) electrons. The molecule has 0 aromatic carbocycles. The van der Waals surface area contributed by atoms with Crippen molar-refractivity contribution in [3.8, 4) is 0 Å². The van der Waals surface area contributed by atoms with Crippen LogP contribution in [0.1, 0.15) is 33.1 Å². The lowest BCUT2D eigenvalue weighted by molar-refractivity contribution is 0.465. The fraction of sp³-hybridized carbons (Fsp3) is 1.00. The summed E-state index contributed by atoms with van der Waals surface area (Å²) >= 11 is 0. The Morgan fingerprint density at radius 1 is 1.36 bits per heavy atom. The van der Waals surface area contributed by atoms with Crippen LogP contribution >= 0.6 is 0 Å². The maximum Gasteiger partial charge on any atom is 0.214 e. The average molecular weight is 177 g/mol. The summed E-state index contributed by atoms with van der Waals surface area (Å²) in [5, 5.41) is -0.107. The molecule has 0 amide bonds. The number of sulfonamides is 1. The van der Waals surface area contributed by atoms with E-state index in [0.717, 1.165) is 19.3 Å². The van der Waals surface area contributed by atoms with Crippen molar-refractivity contribution in [3.05, 3.63) is 0 Å². The van der Waals surface area contributed by atoms with E-state index in [2.05, 4.69) is 4.72 Å². The van der Waals surface area contributed by atoms with Crippen LogP contribution in [0.4, 0.5) is 0 Å². The minimum Gasteiger partial charge on any atom is -0.212 e. The molecule has 1 N–H and O–H groups in total. The van der Waals surface area contributed by atoms with Crippen molar-refractivity contribution >= 4 is 10.0 Å². The van der Waals surface area contributed by atoms with Crippen LogP contribution in [0.15, 0.2) is 0 Å². The second kappa shape index (κ2) is 3.11. The zero-order chi connectivity index (χ0) is 8.48. The van der Waals surface area contributed by atoms with E-state index in [1.807, 2.05) is 13.8 Å². The fourth-order valence-electron chi connectivity index (χ4n) is 1.11. The van der Waals surface area contributed by atoms with E-state index in [9.17, 15) is 8.42 Å². The average Bonchev–Trinajstić information content (AvgIpc) is 1.50. The van der Waals surface area contributed by atoms with E-state index in [0.29, 0.717) is 0 Å². The molecule has 1 rings (SSSR count). The highest BCUT2D eigenvalue weighted by Crippen LogP contribution is 2.25. The first-order valence-electron chi connectivity index (χ1n) is 4.03. The molecule has 1 aliphatic rings. The molecular weight excluding hydrogens is 162 g/mol. The lowest BCUT2D eigenvalue weighted by atomic mass is 10.0. The third kappa shape index (κ3) is 2.17. The van der Waals surface area contributed by atoms with Crippen molar-refractivity contribution in [2.45, 2.75) is 44.4 Å². The summed E-state index contributed by atoms with van der Waals surface area (Å²) < 4.78 is 25.2. The zero-order valence-corrected chi connectivity index (χ0v) is 7.82. The van der Waals surface area contributed by atoms with Crippen LogP contribution in [0, 0.1) is 0 Å². The number of rotatable bonds is 3. The van der Waals surface area contributed by atoms with Crippen LogP contribution in [0.2, 0.25) is 0 Å². The van der Waals surface area contributed by atoms with E-state index in [4.69, 9.17) is 0 Å². The van der Waals surface area contributed by atoms with Crippen molar-refractivity contribution in [3.63, 3.8) is 0 Å². The van der Waals surface area contributed by atoms with Gasteiger partial charge in [-0.15, -0.1) is 0 Å². The van der Waals surface area contributed by atoms with Gasteiger partial charge in [-0.05, 0) is 26.7 Å². The van der Waals surface area contributed by atoms with Crippen molar-refractivity contribution < 1.29 is 8.42 Å². The molecule has 66 valence electrons. The van der Waals surface area contributed by atoms with Gasteiger partial charge >= 0.3 is 0 Å². The minimum atomic E-state index is -2.97. The van der Waals surface area contributed by atoms with Gasteiger partial charge < -0.3 is 0 Å². The molecule has 0 aliphatic heterocycles. The van der Waals surface area contributed by atoms with E-state index < -0.39 is 10.0 Å². The van der Waals surface area contributed by atoms with E-state index in [1.165, 1.54) is 0 Å². The Bertz CT molecular complexity index is 217.